The first-order valence-electron chi connectivity index (χ1n) is 3.11. The molecule has 0 atom stereocenters. The van der Waals surface area contributed by atoms with Crippen molar-refractivity contribution in [3.05, 3.63) is 23.8 Å². The Morgan fingerprint density at radius 2 is 2.27 bits per heavy atom. The summed E-state index contributed by atoms with van der Waals surface area (Å²) in [4.78, 5) is 0. The van der Waals surface area contributed by atoms with Gasteiger partial charge in [-0.1, -0.05) is 0 Å². The van der Waals surface area contributed by atoms with Gasteiger partial charge < -0.3 is 0 Å². The number of rotatable bonds is 1. The molecule has 0 aliphatic carbocycles. The second-order valence-corrected chi connectivity index (χ2v) is 2.03. The van der Waals surface area contributed by atoms with Crippen molar-refractivity contribution >= 4 is 7.33 Å². The third-order valence-electron chi connectivity index (χ3n) is 1.34. The van der Waals surface area contributed by atoms with Gasteiger partial charge in [0.1, 0.15) is 0 Å². The third kappa shape index (κ3) is 1.57. The molecule has 1 N–H and O–H groups in total. The van der Waals surface area contributed by atoms with Gasteiger partial charge >= 0.3 is 65.3 Å². The quantitative estimate of drug-likeness (QED) is 0.595. The summed E-state index contributed by atoms with van der Waals surface area (Å²) in [5, 5.41) is 9.02. The summed E-state index contributed by atoms with van der Waals surface area (Å²) in [7, 11) is 6.67. The molecule has 0 spiro atoms. The van der Waals surface area contributed by atoms with Crippen LogP contribution < -0.4 is 4.74 Å². The first-order valence-corrected chi connectivity index (χ1v) is 3.11. The summed E-state index contributed by atoms with van der Waals surface area (Å²) in [5.74, 6) is 3.11. The number of ether oxygens (including phenoxy) is 1. The monoisotopic (exact) mass is 146 g/mol. The molecule has 0 aliphatic heterocycles. The fraction of sp³-hybridized carbons (Fsp3) is 0.125. The van der Waals surface area contributed by atoms with Crippen LogP contribution in [-0.4, -0.2) is 19.5 Å². The van der Waals surface area contributed by atoms with Crippen LogP contribution in [0, 0.1) is 5.80 Å². The fourth-order valence-electron chi connectivity index (χ4n) is 0.799. The Bertz CT molecular complexity index is 301. The number of phenols is 1. The average Bonchev–Trinajstić information content (AvgIpc) is 2.04. The van der Waals surface area contributed by atoms with Crippen LogP contribution in [0.15, 0.2) is 18.2 Å². The molecule has 3 heteroatoms. The summed E-state index contributed by atoms with van der Waals surface area (Å²) >= 11 is 0. The van der Waals surface area contributed by atoms with Crippen LogP contribution in [0.5, 0.6) is 11.5 Å². The zero-order chi connectivity index (χ0) is 8.27. The van der Waals surface area contributed by atoms with Crippen LogP contribution in [0.1, 0.15) is 5.56 Å². The molecule has 1 rings (SSSR count). The van der Waals surface area contributed by atoms with Crippen molar-refractivity contribution in [1.29, 1.82) is 0 Å². The Morgan fingerprint density at radius 1 is 1.55 bits per heavy atom. The second kappa shape index (κ2) is 3.17. The van der Waals surface area contributed by atoms with Crippen molar-refractivity contribution in [2.45, 2.75) is 0 Å². The van der Waals surface area contributed by atoms with Crippen molar-refractivity contribution in [3.63, 3.8) is 0 Å². The maximum atomic E-state index is 9.02. The molecule has 0 aliphatic rings. The van der Waals surface area contributed by atoms with E-state index in [9.17, 15) is 0 Å². The molecule has 0 saturated heterocycles. The topological polar surface area (TPSA) is 29.5 Å². The Labute approximate surface area is 66.2 Å². The van der Waals surface area contributed by atoms with Crippen molar-refractivity contribution in [3.8, 4) is 17.3 Å². The summed E-state index contributed by atoms with van der Waals surface area (Å²) in [5.41, 5.74) is 0.644. The minimum atomic E-state index is 0.154. The SMILES string of the molecule is B#Cc1ccc(O)cc1OC. The van der Waals surface area contributed by atoms with Crippen LogP contribution in [0.2, 0.25) is 0 Å². The van der Waals surface area contributed by atoms with Crippen LogP contribution >= 0.6 is 0 Å². The van der Waals surface area contributed by atoms with E-state index in [4.69, 9.17) is 17.2 Å². The molecule has 11 heavy (non-hydrogen) atoms. The van der Waals surface area contributed by atoms with Gasteiger partial charge in [0.2, 0.25) is 0 Å². The Morgan fingerprint density at radius 3 is 2.82 bits per heavy atom. The van der Waals surface area contributed by atoms with Crippen molar-refractivity contribution < 1.29 is 9.84 Å². The van der Waals surface area contributed by atoms with Crippen LogP contribution in [0.25, 0.3) is 0 Å². The number of aromatic hydroxyl groups is 1. The maximum absolute atomic E-state index is 9.02. The third-order valence-corrected chi connectivity index (χ3v) is 1.34. The first-order chi connectivity index (χ1) is 5.27. The van der Waals surface area contributed by atoms with E-state index >= 15 is 0 Å². The van der Waals surface area contributed by atoms with E-state index < -0.39 is 0 Å². The zero-order valence-corrected chi connectivity index (χ0v) is 6.16. The number of phenolic OH excluding ortho intramolecular Hbond substituents is 1. The average molecular weight is 146 g/mol. The Kier molecular flexibility index (Phi) is 2.24. The van der Waals surface area contributed by atoms with E-state index in [0.717, 1.165) is 0 Å². The molecule has 0 unspecified atom stereocenters. The van der Waals surface area contributed by atoms with Gasteiger partial charge in [0.25, 0.3) is 0 Å². The number of hydrogen-bond donors (Lipinski definition) is 1. The molecule has 0 heterocycles. The van der Waals surface area contributed by atoms with Gasteiger partial charge in [-0.2, -0.15) is 0 Å². The minimum absolute atomic E-state index is 0.154. The Hall–Kier alpha value is -1.34. The van der Waals surface area contributed by atoms with E-state index in [0.29, 0.717) is 11.3 Å². The van der Waals surface area contributed by atoms with E-state index in [1.807, 2.05) is 0 Å². The van der Waals surface area contributed by atoms with Crippen molar-refractivity contribution in [2.24, 2.45) is 0 Å². The van der Waals surface area contributed by atoms with Gasteiger partial charge in [-0.05, 0) is 0 Å². The van der Waals surface area contributed by atoms with Crippen molar-refractivity contribution in [1.82, 2.24) is 0 Å². The predicted octanol–water partition coefficient (Wildman–Crippen LogP) is 0.877. The molecule has 1 aromatic carbocycles. The van der Waals surface area contributed by atoms with Crippen LogP contribution in [0.3, 0.4) is 0 Å². The van der Waals surface area contributed by atoms with Crippen molar-refractivity contribution in [2.75, 3.05) is 7.11 Å². The standard InChI is InChI=1S/C8H7BO2/c1-11-8-4-7(10)3-2-6(8)5-9/h2-4,10H,1H3. The summed E-state index contributed by atoms with van der Waals surface area (Å²) < 4.78 is 4.91. The molecule has 0 fully saturated rings. The molecule has 0 aromatic heterocycles. The summed E-state index contributed by atoms with van der Waals surface area (Å²) in [6, 6.07) is 4.64. The molecule has 2 nitrogen and oxygen atoms in total. The summed E-state index contributed by atoms with van der Waals surface area (Å²) in [6.45, 7) is 0. The molecule has 0 amide bonds. The van der Waals surface area contributed by atoms with Gasteiger partial charge in [0, 0.05) is 0 Å². The second-order valence-electron chi connectivity index (χ2n) is 2.03. The van der Waals surface area contributed by atoms with Gasteiger partial charge in [-0.25, -0.2) is 0 Å². The normalized spacial score (nSPS) is 9.00. The Balaban J connectivity index is 3.19. The molecule has 0 saturated carbocycles. The predicted molar refractivity (Wildman–Crippen MR) is 43.4 cm³/mol. The molecule has 1 aromatic rings. The zero-order valence-electron chi connectivity index (χ0n) is 6.16. The van der Waals surface area contributed by atoms with E-state index in [2.05, 4.69) is 5.80 Å². The van der Waals surface area contributed by atoms with Gasteiger partial charge in [0.05, 0.1) is 0 Å². The first kappa shape index (κ1) is 7.77. The number of hydrogen-bond acceptors (Lipinski definition) is 2. The van der Waals surface area contributed by atoms with Crippen LogP contribution in [-0.2, 0) is 0 Å². The van der Waals surface area contributed by atoms with Gasteiger partial charge in [-0.15, -0.1) is 0 Å². The number of methoxy groups -OCH3 is 1. The van der Waals surface area contributed by atoms with E-state index in [1.54, 1.807) is 6.07 Å². The number of benzene rings is 1. The van der Waals surface area contributed by atoms with Gasteiger partial charge in [0.15, 0.2) is 0 Å². The fourth-order valence-corrected chi connectivity index (χ4v) is 0.799. The summed E-state index contributed by atoms with van der Waals surface area (Å²) in [6.07, 6.45) is 0. The molecular weight excluding hydrogens is 139 g/mol. The van der Waals surface area contributed by atoms with E-state index in [1.165, 1.54) is 19.2 Å². The molecule has 54 valence electrons. The van der Waals surface area contributed by atoms with E-state index in [-0.39, 0.29) is 5.75 Å². The molecular formula is C8H7BO2. The van der Waals surface area contributed by atoms with Crippen LogP contribution in [0.4, 0.5) is 0 Å². The molecule has 0 radical (unpaired) electrons. The van der Waals surface area contributed by atoms with Gasteiger partial charge in [-0.3, -0.25) is 0 Å². The molecule has 0 bridgehead atoms.